The molecular formula is C47H75N3O35. The highest BCUT2D eigenvalue weighted by molar-refractivity contribution is 5.76. The van der Waals surface area contributed by atoms with Crippen LogP contribution in [0.15, 0.2) is 18.7 Å². The number of aliphatic hydroxyl groups is 20. The quantitative estimate of drug-likeness (QED) is 0.103. The molecule has 0 aromatic carbocycles. The number of aliphatic hydroxyl groups excluding tert-OH is 20. The number of imidazole rings is 1. The van der Waals surface area contributed by atoms with Crippen molar-refractivity contribution in [2.75, 3.05) is 46.2 Å². The predicted molar refractivity (Wildman–Crippen MR) is 257 cm³/mol. The summed E-state index contributed by atoms with van der Waals surface area (Å²) in [4.78, 5) is 17.5. The molecule has 14 bridgehead atoms. The second-order valence-electron chi connectivity index (χ2n) is 21.5. The largest absolute Gasteiger partial charge is 0.394 e. The summed E-state index contributed by atoms with van der Waals surface area (Å²) < 4.78 is 82.3. The van der Waals surface area contributed by atoms with E-state index in [1.165, 1.54) is 23.3 Å². The number of ether oxygens (including phenoxy) is 14. The lowest BCUT2D eigenvalue weighted by Crippen LogP contribution is -2.70. The van der Waals surface area contributed by atoms with Crippen LogP contribution in [-0.4, -0.2) is 379 Å². The van der Waals surface area contributed by atoms with Gasteiger partial charge in [0.15, 0.2) is 44.0 Å². The average molecular weight is 1240 g/mol. The zero-order valence-electron chi connectivity index (χ0n) is 44.6. The minimum atomic E-state index is -2.25. The van der Waals surface area contributed by atoms with Crippen molar-refractivity contribution in [3.63, 3.8) is 0 Å². The van der Waals surface area contributed by atoms with Crippen molar-refractivity contribution in [3.8, 4) is 0 Å². The number of nitrogens with zero attached hydrogens (tertiary/aromatic N) is 2. The second kappa shape index (κ2) is 28.6. The van der Waals surface area contributed by atoms with Gasteiger partial charge in [0.25, 0.3) is 0 Å². The molecule has 0 saturated carbocycles. The van der Waals surface area contributed by atoms with Crippen LogP contribution in [0.2, 0.25) is 0 Å². The maximum atomic E-state index is 13.6. The molecule has 1 amide bonds. The second-order valence-corrected chi connectivity index (χ2v) is 21.5. The van der Waals surface area contributed by atoms with Crippen LogP contribution in [-0.2, 0) is 77.7 Å². The normalized spacial score (nSPS) is 51.2. The van der Waals surface area contributed by atoms with Crippen LogP contribution in [0.5, 0.6) is 0 Å². The van der Waals surface area contributed by atoms with E-state index in [0.29, 0.717) is 0 Å². The first-order chi connectivity index (χ1) is 40.6. The van der Waals surface area contributed by atoms with Crippen molar-refractivity contribution in [2.24, 2.45) is 0 Å². The Bertz CT molecular complexity index is 2220. The fourth-order valence-corrected chi connectivity index (χ4v) is 11.4. The summed E-state index contributed by atoms with van der Waals surface area (Å²) >= 11 is 0. The van der Waals surface area contributed by atoms with Gasteiger partial charge in [0, 0.05) is 12.4 Å². The number of hydrogen-bond donors (Lipinski definition) is 21. The fourth-order valence-electron chi connectivity index (χ4n) is 11.4. The summed E-state index contributed by atoms with van der Waals surface area (Å²) in [5.41, 5.74) is 0. The van der Waals surface area contributed by atoms with Crippen LogP contribution < -0.4 is 5.32 Å². The molecule has 1 aromatic rings. The van der Waals surface area contributed by atoms with E-state index in [0.717, 1.165) is 0 Å². The molecule has 21 N–H and O–H groups in total. The highest BCUT2D eigenvalue weighted by atomic mass is 16.8. The number of hydrogen-bond acceptors (Lipinski definition) is 36. The molecule has 21 aliphatic rings. The van der Waals surface area contributed by atoms with Gasteiger partial charge in [-0.1, -0.05) is 0 Å². The van der Waals surface area contributed by atoms with Crippen molar-refractivity contribution >= 4 is 5.91 Å². The van der Waals surface area contributed by atoms with Crippen LogP contribution >= 0.6 is 0 Å². The van der Waals surface area contributed by atoms with Crippen molar-refractivity contribution in [1.29, 1.82) is 0 Å². The molecular weight excluding hydrogens is 1170 g/mol. The molecule has 0 spiro atoms. The lowest BCUT2D eigenvalue weighted by Gasteiger charge is -2.50. The molecule has 21 fully saturated rings. The number of carbonyl (C=O) groups is 1. The number of carbonyl (C=O) groups excluding carboxylic acids is 1. The summed E-state index contributed by atoms with van der Waals surface area (Å²) in [6, 6.07) is -1.80. The fraction of sp³-hybridized carbons (Fsp3) is 0.915. The van der Waals surface area contributed by atoms with Crippen molar-refractivity contribution in [2.45, 2.75) is 221 Å². The Morgan fingerprint density at radius 3 is 0.776 bits per heavy atom. The van der Waals surface area contributed by atoms with Gasteiger partial charge in [-0.3, -0.25) is 4.79 Å². The lowest BCUT2D eigenvalue weighted by atomic mass is 9.93. The van der Waals surface area contributed by atoms with Crippen LogP contribution in [0.1, 0.15) is 0 Å². The zero-order valence-corrected chi connectivity index (χ0v) is 44.6. The van der Waals surface area contributed by atoms with E-state index in [1.807, 2.05) is 0 Å². The first-order valence-corrected chi connectivity index (χ1v) is 27.1. The average Bonchev–Trinajstić information content (AvgIpc) is 3.27. The van der Waals surface area contributed by atoms with E-state index in [2.05, 4.69) is 10.3 Å². The molecule has 22 heterocycles. The highest BCUT2D eigenvalue weighted by Gasteiger charge is 2.60. The predicted octanol–water partition coefficient (Wildman–Crippen LogP) is -15.2. The van der Waals surface area contributed by atoms with E-state index in [-0.39, 0.29) is 0 Å². The number of nitrogens with one attached hydrogen (secondary N) is 1. The Hall–Kier alpha value is -2.68. The Morgan fingerprint density at radius 2 is 0.553 bits per heavy atom. The molecule has 35 atom stereocenters. The maximum absolute atomic E-state index is 13.6. The maximum Gasteiger partial charge on any atom is 0.240 e. The Balaban J connectivity index is 1.02. The number of aromatic nitrogens is 2. The summed E-state index contributed by atoms with van der Waals surface area (Å²) in [6.45, 7) is -7.91. The monoisotopic (exact) mass is 1240 g/mol. The van der Waals surface area contributed by atoms with E-state index in [4.69, 9.17) is 66.3 Å². The van der Waals surface area contributed by atoms with Gasteiger partial charge >= 0.3 is 0 Å². The standard InChI is InChI=1S/C47H75N3O35/c51-4-12-34-20(49-19(58)3-50-2-1-48-11-50)21(59)41(72-12)80-35-13(5-52)74-43(29(67)23(35)61)82-37-15(7-54)76-45(31(69)25(37)63)84-39-17(9-56)78-47(33(71)27(39)65)85-40-18(10-57)77-46(32(70)26(40)64)83-38-16(8-55)75-44(30(68)24(38)62)81-36-14(6-53)73-42(79-34)28(66)22(36)60/h1-2,11-18,20-47,51-57,59-71H,3-10H2,(H,49,58)/t12-,13-,14-,15-,16-,17-,18-,20+,21+,22-,23-,24-,25-,26-,27-,28-,29-,30-,31-,32-,33-,34-,35-,36-,37-,38-,39-,40-,41-,42-,43-,44-,45-,46-,47-/m1/s1. The lowest BCUT2D eigenvalue weighted by molar-refractivity contribution is -0.396. The number of rotatable bonds is 10. The smallest absolute Gasteiger partial charge is 0.240 e. The Kier molecular flexibility index (Phi) is 22.5. The first kappa shape index (κ1) is 66.7. The summed E-state index contributed by atoms with van der Waals surface area (Å²) in [5, 5.41) is 225. The van der Waals surface area contributed by atoms with Crippen LogP contribution in [0.4, 0.5) is 0 Å². The molecule has 0 unspecified atom stereocenters. The third kappa shape index (κ3) is 13.5. The van der Waals surface area contributed by atoms with E-state index in [1.54, 1.807) is 0 Å². The Morgan fingerprint density at radius 1 is 0.329 bits per heavy atom. The van der Waals surface area contributed by atoms with Crippen LogP contribution in [0, 0.1) is 0 Å². The van der Waals surface area contributed by atoms with Gasteiger partial charge in [-0.25, -0.2) is 4.98 Å². The van der Waals surface area contributed by atoms with Gasteiger partial charge in [-0.2, -0.15) is 0 Å². The van der Waals surface area contributed by atoms with E-state index >= 15 is 0 Å². The van der Waals surface area contributed by atoms with Crippen LogP contribution in [0.3, 0.4) is 0 Å². The minimum absolute atomic E-state index is 0.461. The summed E-state index contributed by atoms with van der Waals surface area (Å²) in [7, 11) is 0. The topological polar surface area (TPSA) is 581 Å². The third-order valence-corrected chi connectivity index (χ3v) is 16.0. The van der Waals surface area contributed by atoms with Gasteiger partial charge in [0.2, 0.25) is 5.91 Å². The van der Waals surface area contributed by atoms with E-state index < -0.39 is 274 Å². The molecule has 38 heteroatoms. The van der Waals surface area contributed by atoms with Gasteiger partial charge in [0.05, 0.1) is 58.6 Å². The summed E-state index contributed by atoms with van der Waals surface area (Å²) in [5.74, 6) is -0.862. The van der Waals surface area contributed by atoms with Gasteiger partial charge in [0.1, 0.15) is 171 Å². The molecule has 0 radical (unpaired) electrons. The van der Waals surface area contributed by atoms with E-state index in [9.17, 15) is 107 Å². The highest BCUT2D eigenvalue weighted by Crippen LogP contribution is 2.39. The molecule has 21 saturated heterocycles. The first-order valence-electron chi connectivity index (χ1n) is 27.1. The molecule has 488 valence electrons. The van der Waals surface area contributed by atoms with Crippen molar-refractivity contribution in [1.82, 2.24) is 14.9 Å². The Labute approximate surface area is 479 Å². The minimum Gasteiger partial charge on any atom is -0.394 e. The third-order valence-electron chi connectivity index (χ3n) is 16.0. The molecule has 85 heavy (non-hydrogen) atoms. The number of amides is 1. The van der Waals surface area contributed by atoms with Crippen molar-refractivity contribution < 1.29 is 173 Å². The summed E-state index contributed by atoms with van der Waals surface area (Å²) in [6.07, 6.45) is -64.8. The van der Waals surface area contributed by atoms with Gasteiger partial charge in [-0.05, 0) is 0 Å². The molecule has 0 aliphatic carbocycles. The molecule has 21 aliphatic heterocycles. The molecule has 1 aromatic heterocycles. The SMILES string of the molecule is O=C(Cn1ccnc1)N[C@H]1[C@H](O)[C@H]2O[C@H]3[C@H](O)[C@@H](O)[C@@H](O[C@H]4[C@H](O)[C@@H](O)[C@@H](O[C@H]5[C@H](O)[C@@H](O)[C@@H](O[C@H]6[C@H](O)[C@@H](O)[C@@H](O[C@H]7[C@H](O)[C@@H](O)[C@@H](O[C@H]8[C@H](O)[C@@H](O)[C@@H](O[C@@H]1[C@@H](CO)O2)O[C@@H]8CO)O[C@@H]7CO)O[C@@H]6CO)O[C@@H]5CO)O[C@@H]4CO)O[C@@H]3CO. The van der Waals surface area contributed by atoms with Gasteiger partial charge < -0.3 is 178 Å². The van der Waals surface area contributed by atoms with Gasteiger partial charge in [-0.15, -0.1) is 0 Å². The van der Waals surface area contributed by atoms with Crippen molar-refractivity contribution in [3.05, 3.63) is 18.7 Å². The molecule has 22 rings (SSSR count). The van der Waals surface area contributed by atoms with Crippen LogP contribution in [0.25, 0.3) is 0 Å². The molecule has 38 nitrogen and oxygen atoms in total. The zero-order chi connectivity index (χ0) is 61.5.